The molecule has 0 spiro atoms. The molecule has 1 aliphatic rings. The van der Waals surface area contributed by atoms with Crippen molar-refractivity contribution >= 4 is 17.4 Å². The molecule has 1 aromatic carbocycles. The summed E-state index contributed by atoms with van der Waals surface area (Å²) in [4.78, 5) is 23.5. The second-order valence-electron chi connectivity index (χ2n) is 5.11. The SMILES string of the molecule is CCOc1cc(N2CCC(NC(N)=O)CC2)ccc1[N+](=O)[O-]. The molecule has 8 heteroatoms. The van der Waals surface area contributed by atoms with Crippen LogP contribution in [0.4, 0.5) is 16.2 Å². The van der Waals surface area contributed by atoms with E-state index in [4.69, 9.17) is 10.5 Å². The Morgan fingerprint density at radius 3 is 2.73 bits per heavy atom. The Bertz CT molecular complexity index is 556. The van der Waals surface area contributed by atoms with Crippen molar-refractivity contribution in [2.75, 3.05) is 24.6 Å². The summed E-state index contributed by atoms with van der Waals surface area (Å²) in [6.45, 7) is 3.65. The minimum atomic E-state index is -0.507. The number of nitrogens with two attached hydrogens (primary N) is 1. The van der Waals surface area contributed by atoms with Crippen molar-refractivity contribution in [3.63, 3.8) is 0 Å². The highest BCUT2D eigenvalue weighted by Crippen LogP contribution is 2.32. The van der Waals surface area contributed by atoms with Gasteiger partial charge in [-0.3, -0.25) is 10.1 Å². The highest BCUT2D eigenvalue weighted by atomic mass is 16.6. The molecule has 1 aromatic rings. The number of ether oxygens (including phenoxy) is 1. The van der Waals surface area contributed by atoms with Gasteiger partial charge in [0.1, 0.15) is 0 Å². The zero-order chi connectivity index (χ0) is 16.1. The number of amides is 2. The normalized spacial score (nSPS) is 15.4. The maximum Gasteiger partial charge on any atom is 0.312 e. The third kappa shape index (κ3) is 3.78. The molecule has 22 heavy (non-hydrogen) atoms. The lowest BCUT2D eigenvalue weighted by Gasteiger charge is -2.33. The van der Waals surface area contributed by atoms with Crippen LogP contribution in [0.25, 0.3) is 0 Å². The standard InChI is InChI=1S/C14H20N4O4/c1-2-22-13-9-11(3-4-12(13)18(20)21)17-7-5-10(6-8-17)16-14(15)19/h3-4,9-10H,2,5-8H2,1H3,(H3,15,16,19). The molecule has 2 rings (SSSR count). The van der Waals surface area contributed by atoms with Gasteiger partial charge in [0, 0.05) is 37.0 Å². The fraction of sp³-hybridized carbons (Fsp3) is 0.500. The fourth-order valence-corrected chi connectivity index (χ4v) is 2.60. The van der Waals surface area contributed by atoms with E-state index in [-0.39, 0.29) is 17.5 Å². The lowest BCUT2D eigenvalue weighted by Crippen LogP contribution is -2.46. The van der Waals surface area contributed by atoms with Crippen molar-refractivity contribution in [2.45, 2.75) is 25.8 Å². The molecule has 0 radical (unpaired) electrons. The predicted octanol–water partition coefficient (Wildman–Crippen LogP) is 1.63. The summed E-state index contributed by atoms with van der Waals surface area (Å²) in [6.07, 6.45) is 1.56. The summed E-state index contributed by atoms with van der Waals surface area (Å²) in [5, 5.41) is 13.7. The van der Waals surface area contributed by atoms with Crippen LogP contribution in [0, 0.1) is 10.1 Å². The van der Waals surface area contributed by atoms with E-state index in [0.717, 1.165) is 31.6 Å². The van der Waals surface area contributed by atoms with Crippen molar-refractivity contribution < 1.29 is 14.5 Å². The van der Waals surface area contributed by atoms with E-state index in [2.05, 4.69) is 10.2 Å². The van der Waals surface area contributed by atoms with E-state index in [1.807, 2.05) is 0 Å². The lowest BCUT2D eigenvalue weighted by atomic mass is 10.0. The summed E-state index contributed by atoms with van der Waals surface area (Å²) in [7, 11) is 0. The number of primary amides is 1. The molecule has 0 atom stereocenters. The van der Waals surface area contributed by atoms with Crippen LogP contribution in [0.1, 0.15) is 19.8 Å². The van der Waals surface area contributed by atoms with Crippen LogP contribution in [0.2, 0.25) is 0 Å². The molecule has 0 aliphatic carbocycles. The molecule has 120 valence electrons. The van der Waals surface area contributed by atoms with Gasteiger partial charge in [-0.2, -0.15) is 0 Å². The molecule has 1 aliphatic heterocycles. The largest absolute Gasteiger partial charge is 0.487 e. The van der Waals surface area contributed by atoms with Crippen LogP contribution in [-0.2, 0) is 0 Å². The number of piperidine rings is 1. The Morgan fingerprint density at radius 2 is 2.18 bits per heavy atom. The molecular weight excluding hydrogens is 288 g/mol. The maximum absolute atomic E-state index is 11.0. The lowest BCUT2D eigenvalue weighted by molar-refractivity contribution is -0.385. The molecular formula is C14H20N4O4. The van der Waals surface area contributed by atoms with Crippen molar-refractivity contribution in [3.8, 4) is 5.75 Å². The maximum atomic E-state index is 11.0. The van der Waals surface area contributed by atoms with Crippen molar-refractivity contribution in [3.05, 3.63) is 28.3 Å². The number of carbonyl (C=O) groups excluding carboxylic acids is 1. The number of nitrogens with zero attached hydrogens (tertiary/aromatic N) is 2. The first-order valence-electron chi connectivity index (χ1n) is 7.23. The minimum absolute atomic E-state index is 0.0316. The Morgan fingerprint density at radius 1 is 1.50 bits per heavy atom. The monoisotopic (exact) mass is 308 g/mol. The van der Waals surface area contributed by atoms with E-state index in [1.54, 1.807) is 19.1 Å². The van der Waals surface area contributed by atoms with E-state index >= 15 is 0 Å². The topological polar surface area (TPSA) is 111 Å². The summed E-state index contributed by atoms with van der Waals surface area (Å²) >= 11 is 0. The van der Waals surface area contributed by atoms with Gasteiger partial charge in [0.05, 0.1) is 11.5 Å². The predicted molar refractivity (Wildman–Crippen MR) is 82.2 cm³/mol. The van der Waals surface area contributed by atoms with Crippen LogP contribution >= 0.6 is 0 Å². The Hall–Kier alpha value is -2.51. The summed E-state index contributed by atoms with van der Waals surface area (Å²) < 4.78 is 5.36. The molecule has 1 fully saturated rings. The number of nitro benzene ring substituents is 1. The van der Waals surface area contributed by atoms with Gasteiger partial charge >= 0.3 is 11.7 Å². The molecule has 1 heterocycles. The summed E-state index contributed by atoms with van der Waals surface area (Å²) in [6, 6.07) is 4.46. The number of hydrogen-bond acceptors (Lipinski definition) is 5. The molecule has 2 amide bonds. The molecule has 1 saturated heterocycles. The van der Waals surface area contributed by atoms with Crippen LogP contribution < -0.4 is 20.7 Å². The van der Waals surface area contributed by atoms with Gasteiger partial charge in [-0.05, 0) is 25.8 Å². The van der Waals surface area contributed by atoms with Gasteiger partial charge in [0.25, 0.3) is 0 Å². The fourth-order valence-electron chi connectivity index (χ4n) is 2.60. The van der Waals surface area contributed by atoms with E-state index in [9.17, 15) is 14.9 Å². The van der Waals surface area contributed by atoms with Crippen LogP contribution in [-0.4, -0.2) is 36.7 Å². The number of urea groups is 1. The van der Waals surface area contributed by atoms with Crippen LogP contribution in [0.15, 0.2) is 18.2 Å². The molecule has 0 unspecified atom stereocenters. The van der Waals surface area contributed by atoms with Gasteiger partial charge < -0.3 is 20.7 Å². The molecule has 3 N–H and O–H groups in total. The quantitative estimate of drug-likeness (QED) is 0.634. The third-order valence-corrected chi connectivity index (χ3v) is 3.65. The highest BCUT2D eigenvalue weighted by molar-refractivity contribution is 5.72. The second kappa shape index (κ2) is 6.97. The van der Waals surface area contributed by atoms with Crippen LogP contribution in [0.3, 0.4) is 0 Å². The van der Waals surface area contributed by atoms with Gasteiger partial charge in [0.15, 0.2) is 5.75 Å². The second-order valence-corrected chi connectivity index (χ2v) is 5.11. The summed E-state index contributed by atoms with van der Waals surface area (Å²) in [5.41, 5.74) is 5.97. The highest BCUT2D eigenvalue weighted by Gasteiger charge is 2.22. The van der Waals surface area contributed by atoms with Gasteiger partial charge in [-0.1, -0.05) is 0 Å². The van der Waals surface area contributed by atoms with Crippen molar-refractivity contribution in [2.24, 2.45) is 5.73 Å². The van der Waals surface area contributed by atoms with E-state index in [0.29, 0.717) is 6.61 Å². The average molecular weight is 308 g/mol. The zero-order valence-corrected chi connectivity index (χ0v) is 12.4. The smallest absolute Gasteiger partial charge is 0.312 e. The Labute approximate surface area is 128 Å². The van der Waals surface area contributed by atoms with Crippen molar-refractivity contribution in [1.29, 1.82) is 0 Å². The first-order chi connectivity index (χ1) is 10.5. The first-order valence-corrected chi connectivity index (χ1v) is 7.23. The number of hydrogen-bond donors (Lipinski definition) is 2. The van der Waals surface area contributed by atoms with Crippen molar-refractivity contribution in [1.82, 2.24) is 5.32 Å². The molecule has 0 aromatic heterocycles. The summed E-state index contributed by atoms with van der Waals surface area (Å²) in [5.74, 6) is 0.280. The molecule has 0 saturated carbocycles. The number of carbonyl (C=O) groups is 1. The average Bonchev–Trinajstić information content (AvgIpc) is 2.47. The third-order valence-electron chi connectivity index (χ3n) is 3.65. The number of nitrogens with one attached hydrogen (secondary N) is 1. The number of rotatable bonds is 5. The minimum Gasteiger partial charge on any atom is -0.487 e. The Kier molecular flexibility index (Phi) is 5.03. The van der Waals surface area contributed by atoms with Gasteiger partial charge in [-0.15, -0.1) is 0 Å². The first kappa shape index (κ1) is 15.9. The van der Waals surface area contributed by atoms with Gasteiger partial charge in [-0.25, -0.2) is 4.79 Å². The number of benzene rings is 1. The Balaban J connectivity index is 2.08. The van der Waals surface area contributed by atoms with Gasteiger partial charge in [0.2, 0.25) is 0 Å². The van der Waals surface area contributed by atoms with Crippen LogP contribution in [0.5, 0.6) is 5.75 Å². The van der Waals surface area contributed by atoms with E-state index < -0.39 is 11.0 Å². The zero-order valence-electron chi connectivity index (χ0n) is 12.4. The van der Waals surface area contributed by atoms with E-state index in [1.165, 1.54) is 6.07 Å². The molecule has 0 bridgehead atoms. The number of anilines is 1. The number of nitro groups is 1. The molecule has 8 nitrogen and oxygen atoms in total.